The van der Waals surface area contributed by atoms with Gasteiger partial charge in [0.1, 0.15) is 5.82 Å². The summed E-state index contributed by atoms with van der Waals surface area (Å²) in [4.78, 5) is 57.5. The van der Waals surface area contributed by atoms with Gasteiger partial charge in [-0.3, -0.25) is 9.59 Å². The number of rotatable bonds is 4. The topological polar surface area (TPSA) is 206 Å². The largest absolute Gasteiger partial charge is 0.501 e. The third-order valence-corrected chi connectivity index (χ3v) is 3.59. The first-order valence-electron chi connectivity index (χ1n) is 8.59. The van der Waals surface area contributed by atoms with Crippen LogP contribution in [0.4, 0.5) is 0 Å². The molecule has 3 rings (SSSR count). The van der Waals surface area contributed by atoms with Crippen molar-refractivity contribution in [3.63, 3.8) is 0 Å². The number of H-pyrrole nitrogens is 2. The van der Waals surface area contributed by atoms with E-state index in [1.807, 2.05) is 0 Å². The van der Waals surface area contributed by atoms with Gasteiger partial charge in [-0.05, 0) is 19.9 Å². The molecule has 0 unspecified atom stereocenters. The average Bonchev–Trinajstić information content (AvgIpc) is 3.16. The number of aromatic amines is 2. The first-order valence-corrected chi connectivity index (χ1v) is 8.59. The number of aryl methyl sites for hydroxylation is 1. The molecule has 4 N–H and O–H groups in total. The average molecular weight is 433 g/mol. The Labute approximate surface area is 173 Å². The van der Waals surface area contributed by atoms with E-state index in [9.17, 15) is 24.3 Å². The predicted molar refractivity (Wildman–Crippen MR) is 102 cm³/mol. The molecule has 0 bridgehead atoms. The maximum absolute atomic E-state index is 12.1. The molecular formula is C17H19N7O7. The molecule has 31 heavy (non-hydrogen) atoms. The van der Waals surface area contributed by atoms with Crippen LogP contribution in [0.25, 0.3) is 0 Å². The highest BCUT2D eigenvalue weighted by Gasteiger charge is 2.31. The lowest BCUT2D eigenvalue weighted by Crippen LogP contribution is -2.43. The van der Waals surface area contributed by atoms with Crippen LogP contribution in [0, 0.1) is 6.92 Å². The molecule has 0 atom stereocenters. The number of ether oxygens (including phenoxy) is 1. The summed E-state index contributed by atoms with van der Waals surface area (Å²) < 4.78 is 9.47. The highest BCUT2D eigenvalue weighted by atomic mass is 16.5. The molecule has 3 aromatic rings. The van der Waals surface area contributed by atoms with Crippen molar-refractivity contribution in [2.45, 2.75) is 26.3 Å². The van der Waals surface area contributed by atoms with E-state index in [4.69, 9.17) is 4.42 Å². The van der Waals surface area contributed by atoms with E-state index in [1.54, 1.807) is 6.07 Å². The predicted octanol–water partition coefficient (Wildman–Crippen LogP) is -0.611. The van der Waals surface area contributed by atoms with Crippen LogP contribution in [0.15, 0.2) is 32.5 Å². The summed E-state index contributed by atoms with van der Waals surface area (Å²) in [5.41, 5.74) is -3.04. The molecule has 0 saturated carbocycles. The number of hydrogen-bond donors (Lipinski definition) is 4. The molecule has 0 aromatic carbocycles. The van der Waals surface area contributed by atoms with Crippen molar-refractivity contribution >= 4 is 11.9 Å². The lowest BCUT2D eigenvalue weighted by atomic mass is 10.0. The molecule has 3 heterocycles. The van der Waals surface area contributed by atoms with Gasteiger partial charge in [0, 0.05) is 19.3 Å². The summed E-state index contributed by atoms with van der Waals surface area (Å²) in [6.45, 7) is 4.56. The molecule has 0 spiro atoms. The van der Waals surface area contributed by atoms with Crippen LogP contribution in [-0.2, 0) is 10.3 Å². The van der Waals surface area contributed by atoms with Crippen LogP contribution >= 0.6 is 0 Å². The van der Waals surface area contributed by atoms with Crippen LogP contribution in [0.5, 0.6) is 5.75 Å². The van der Waals surface area contributed by atoms with Gasteiger partial charge in [0.25, 0.3) is 5.56 Å². The Morgan fingerprint density at radius 2 is 1.97 bits per heavy atom. The van der Waals surface area contributed by atoms with E-state index in [0.717, 1.165) is 7.11 Å². The zero-order valence-corrected chi connectivity index (χ0v) is 16.9. The van der Waals surface area contributed by atoms with Gasteiger partial charge in [-0.15, -0.1) is 10.2 Å². The highest BCUT2D eigenvalue weighted by molar-refractivity contribution is 5.90. The minimum absolute atomic E-state index is 0.0738. The summed E-state index contributed by atoms with van der Waals surface area (Å²) >= 11 is 0. The Bertz CT molecular complexity index is 1180. The molecule has 1 amide bonds. The van der Waals surface area contributed by atoms with Crippen LogP contribution in [0.2, 0.25) is 0 Å². The van der Waals surface area contributed by atoms with Gasteiger partial charge < -0.3 is 29.5 Å². The van der Waals surface area contributed by atoms with E-state index in [0.29, 0.717) is 0 Å². The van der Waals surface area contributed by atoms with Gasteiger partial charge in [0.2, 0.25) is 11.6 Å². The Morgan fingerprint density at radius 3 is 2.45 bits per heavy atom. The summed E-state index contributed by atoms with van der Waals surface area (Å²) in [5, 5.41) is 19.3. The summed E-state index contributed by atoms with van der Waals surface area (Å²) in [7, 11) is 1.08. The van der Waals surface area contributed by atoms with Crippen molar-refractivity contribution in [2.75, 3.05) is 7.11 Å². The van der Waals surface area contributed by atoms with Gasteiger partial charge in [0.15, 0.2) is 5.69 Å². The fourth-order valence-electron chi connectivity index (χ4n) is 2.10. The van der Waals surface area contributed by atoms with Gasteiger partial charge in [-0.1, -0.05) is 0 Å². The van der Waals surface area contributed by atoms with Crippen molar-refractivity contribution in [1.82, 2.24) is 35.5 Å². The van der Waals surface area contributed by atoms with Gasteiger partial charge in [-0.25, -0.2) is 19.6 Å². The molecule has 14 nitrogen and oxygen atoms in total. The van der Waals surface area contributed by atoms with E-state index in [2.05, 4.69) is 40.2 Å². The Hall–Kier alpha value is -4.36. The summed E-state index contributed by atoms with van der Waals surface area (Å²) in [6.07, 6.45) is 2.98. The van der Waals surface area contributed by atoms with Crippen LogP contribution in [0.1, 0.15) is 46.7 Å². The Balaban J connectivity index is 0.000000412. The number of nitrogens with one attached hydrogen (secondary N) is 3. The molecule has 0 saturated heterocycles. The minimum atomic E-state index is -1.23. The minimum Gasteiger partial charge on any atom is -0.501 e. The van der Waals surface area contributed by atoms with E-state index < -0.39 is 34.4 Å². The second-order valence-corrected chi connectivity index (χ2v) is 6.40. The molecule has 164 valence electrons. The lowest BCUT2D eigenvalue weighted by Gasteiger charge is -2.24. The fourth-order valence-corrected chi connectivity index (χ4v) is 2.10. The van der Waals surface area contributed by atoms with Crippen LogP contribution < -0.4 is 16.6 Å². The molecule has 0 aliphatic heterocycles. The van der Waals surface area contributed by atoms with Crippen molar-refractivity contribution in [3.8, 4) is 5.75 Å². The first-order chi connectivity index (χ1) is 14.5. The smallest absolute Gasteiger partial charge is 0.360 e. The second kappa shape index (κ2) is 9.43. The van der Waals surface area contributed by atoms with Gasteiger partial charge >= 0.3 is 23.5 Å². The first kappa shape index (κ1) is 22.9. The van der Waals surface area contributed by atoms with Gasteiger partial charge in [0.05, 0.1) is 12.6 Å². The monoisotopic (exact) mass is 433 g/mol. The summed E-state index contributed by atoms with van der Waals surface area (Å²) in [6, 6.07) is 1.65. The number of hydrogen-bond acceptors (Lipinski definition) is 11. The number of nitrogens with zero attached hydrogens (tertiary/aromatic N) is 4. The third-order valence-electron chi connectivity index (χ3n) is 3.59. The fraction of sp³-hybridized carbons (Fsp3) is 0.294. The maximum atomic E-state index is 12.1. The lowest BCUT2D eigenvalue weighted by molar-refractivity contribution is 0.0589. The molecule has 0 radical (unpaired) electrons. The number of aromatic nitrogens is 6. The van der Waals surface area contributed by atoms with Crippen LogP contribution in [-0.4, -0.2) is 54.2 Å². The van der Waals surface area contributed by atoms with E-state index in [1.165, 1.54) is 33.2 Å². The van der Waals surface area contributed by atoms with E-state index >= 15 is 0 Å². The molecule has 0 fully saturated rings. The Morgan fingerprint density at radius 1 is 1.26 bits per heavy atom. The number of amides is 1. The molecule has 0 aliphatic carbocycles. The highest BCUT2D eigenvalue weighted by Crippen LogP contribution is 2.19. The second-order valence-electron chi connectivity index (χ2n) is 6.40. The normalized spacial score (nSPS) is 10.6. The van der Waals surface area contributed by atoms with Crippen LogP contribution in [0.3, 0.4) is 0 Å². The quantitative estimate of drug-likeness (QED) is 0.382. The summed E-state index contributed by atoms with van der Waals surface area (Å²) in [5.74, 6) is -2.70. The number of carbonyl (C=O) groups is 2. The van der Waals surface area contributed by atoms with Crippen molar-refractivity contribution < 1.29 is 23.8 Å². The zero-order valence-electron chi connectivity index (χ0n) is 16.9. The molecule has 0 aliphatic rings. The van der Waals surface area contributed by atoms with Gasteiger partial charge in [-0.2, -0.15) is 0 Å². The zero-order chi connectivity index (χ0) is 23.2. The van der Waals surface area contributed by atoms with Crippen molar-refractivity contribution in [1.29, 1.82) is 0 Å². The van der Waals surface area contributed by atoms with E-state index in [-0.39, 0.29) is 23.3 Å². The SMILES string of the molecule is COC(=O)c1nc(C(C)(C)NC(=O)c2nnc(C)o2)[nH]c(=O)c1O.O=c1nccc[nH]1. The molecule has 14 heteroatoms. The van der Waals surface area contributed by atoms with Crippen molar-refractivity contribution in [3.05, 3.63) is 62.6 Å². The third kappa shape index (κ3) is 5.81. The molecular weight excluding hydrogens is 414 g/mol. The molecule has 3 aromatic heterocycles. The number of aromatic hydroxyl groups is 1. The standard InChI is InChI=1S/C13H15N5O6.C4H4N2O/c1-5-17-18-10(24-5)9(21)16-13(2,3)12-14-6(11(22)23-4)7(19)8(20)15-12;7-4-5-2-1-3-6-4/h19H,1-4H3,(H,16,21)(H,14,15,20);1-3H,(H,5,6,7). The van der Waals surface area contributed by atoms with Crippen molar-refractivity contribution in [2.24, 2.45) is 0 Å². The number of esters is 1. The number of methoxy groups -OCH3 is 1. The maximum Gasteiger partial charge on any atom is 0.360 e. The Kier molecular flexibility index (Phi) is 6.97. The number of carbonyl (C=O) groups excluding carboxylic acids is 2.